The molecule has 0 amide bonds. The van der Waals surface area contributed by atoms with Crippen LogP contribution in [0.5, 0.6) is 0 Å². The Morgan fingerprint density at radius 3 is 2.55 bits per heavy atom. The predicted octanol–water partition coefficient (Wildman–Crippen LogP) is 4.06. The molecule has 0 spiro atoms. The molecule has 6 atom stereocenters. The van der Waals surface area contributed by atoms with E-state index in [0.29, 0.717) is 5.41 Å². The number of hydrogen-bond acceptors (Lipinski definition) is 2. The molecule has 0 radical (unpaired) electrons. The maximum absolute atomic E-state index is 3.81. The zero-order chi connectivity index (χ0) is 15.7. The zero-order valence-electron chi connectivity index (χ0n) is 15.3. The molecule has 2 heteroatoms. The molecule has 4 aliphatic rings. The van der Waals surface area contributed by atoms with Crippen molar-refractivity contribution in [3.63, 3.8) is 0 Å². The van der Waals surface area contributed by atoms with E-state index >= 15 is 0 Å². The van der Waals surface area contributed by atoms with Gasteiger partial charge < -0.3 is 10.6 Å². The van der Waals surface area contributed by atoms with Gasteiger partial charge in [0.05, 0.1) is 0 Å². The van der Waals surface area contributed by atoms with Crippen LogP contribution in [0.15, 0.2) is 0 Å². The lowest BCUT2D eigenvalue weighted by Gasteiger charge is -2.60. The van der Waals surface area contributed by atoms with E-state index in [1.807, 2.05) is 0 Å². The Morgan fingerprint density at radius 1 is 1.00 bits per heavy atom. The number of fused-ring (bicyclic) bond motifs is 2. The van der Waals surface area contributed by atoms with Gasteiger partial charge in [-0.3, -0.25) is 0 Å². The quantitative estimate of drug-likeness (QED) is 0.723. The third-order valence-electron chi connectivity index (χ3n) is 7.82. The van der Waals surface area contributed by atoms with Crippen LogP contribution < -0.4 is 10.6 Å². The van der Waals surface area contributed by atoms with Gasteiger partial charge in [0.2, 0.25) is 0 Å². The van der Waals surface area contributed by atoms with Gasteiger partial charge in [-0.15, -0.1) is 0 Å². The molecule has 0 saturated heterocycles. The highest BCUT2D eigenvalue weighted by Gasteiger charge is 2.53. The van der Waals surface area contributed by atoms with E-state index in [9.17, 15) is 0 Å². The highest BCUT2D eigenvalue weighted by atomic mass is 15.0. The Kier molecular flexibility index (Phi) is 5.19. The monoisotopic (exact) mass is 306 g/mol. The van der Waals surface area contributed by atoms with Crippen molar-refractivity contribution in [2.75, 3.05) is 19.6 Å². The molecular formula is C20H38N2. The fourth-order valence-corrected chi connectivity index (χ4v) is 5.71. The van der Waals surface area contributed by atoms with Gasteiger partial charge >= 0.3 is 0 Å². The van der Waals surface area contributed by atoms with E-state index < -0.39 is 0 Å². The van der Waals surface area contributed by atoms with Crippen LogP contribution in [0.4, 0.5) is 0 Å². The summed E-state index contributed by atoms with van der Waals surface area (Å²) in [5.41, 5.74) is 0.635. The molecule has 0 aromatic carbocycles. The van der Waals surface area contributed by atoms with Gasteiger partial charge in [-0.2, -0.15) is 0 Å². The fourth-order valence-electron chi connectivity index (χ4n) is 5.71. The lowest BCUT2D eigenvalue weighted by Crippen LogP contribution is -2.54. The van der Waals surface area contributed by atoms with E-state index in [0.717, 1.165) is 48.7 Å². The zero-order valence-corrected chi connectivity index (χ0v) is 15.3. The second-order valence-electron chi connectivity index (χ2n) is 9.23. The molecule has 0 aromatic rings. The molecule has 2 nitrogen and oxygen atoms in total. The SMILES string of the molecule is CC1CCCC(NCCNC[C@@H]2CC[C@@H]3C[C@@H]2C3(C)C)C1C. The summed E-state index contributed by atoms with van der Waals surface area (Å²) in [6, 6.07) is 0.756. The summed E-state index contributed by atoms with van der Waals surface area (Å²) in [4.78, 5) is 0. The number of rotatable bonds is 6. The van der Waals surface area contributed by atoms with Crippen molar-refractivity contribution in [1.29, 1.82) is 0 Å². The summed E-state index contributed by atoms with van der Waals surface area (Å²) >= 11 is 0. The Bertz CT molecular complexity index is 363. The smallest absolute Gasteiger partial charge is 0.00957 e. The number of nitrogens with one attached hydrogen (secondary N) is 2. The first-order valence-electron chi connectivity index (χ1n) is 9.94. The maximum atomic E-state index is 3.81. The van der Waals surface area contributed by atoms with Crippen LogP contribution in [0.25, 0.3) is 0 Å². The first-order chi connectivity index (χ1) is 10.5. The molecule has 2 N–H and O–H groups in total. The molecule has 0 heterocycles. The predicted molar refractivity (Wildman–Crippen MR) is 94.9 cm³/mol. The molecule has 4 rings (SSSR count). The first-order valence-corrected chi connectivity index (χ1v) is 9.94. The largest absolute Gasteiger partial charge is 0.315 e. The number of hydrogen-bond donors (Lipinski definition) is 2. The van der Waals surface area contributed by atoms with Crippen molar-refractivity contribution in [3.05, 3.63) is 0 Å². The van der Waals surface area contributed by atoms with Gasteiger partial charge in [-0.05, 0) is 67.2 Å². The average molecular weight is 307 g/mol. The maximum Gasteiger partial charge on any atom is 0.00957 e. The highest BCUT2D eigenvalue weighted by Crippen LogP contribution is 2.61. The molecule has 0 aliphatic heterocycles. The van der Waals surface area contributed by atoms with Crippen LogP contribution in [-0.2, 0) is 0 Å². The first kappa shape index (κ1) is 16.8. The van der Waals surface area contributed by atoms with E-state index in [4.69, 9.17) is 0 Å². The molecule has 3 unspecified atom stereocenters. The Balaban J connectivity index is 1.31. The van der Waals surface area contributed by atoms with E-state index in [1.165, 1.54) is 45.1 Å². The standard InChI is InChI=1S/C20H38N2/c1-14-6-5-7-19(15(14)2)22-11-10-21-13-16-8-9-17-12-18(16)20(17,3)4/h14-19,21-22H,5-13H2,1-4H3/t14?,15?,16-,17+,18-,19?/m0/s1. The van der Waals surface area contributed by atoms with E-state index in [2.05, 4.69) is 38.3 Å². The summed E-state index contributed by atoms with van der Waals surface area (Å²) in [5.74, 6) is 4.71. The van der Waals surface area contributed by atoms with Gasteiger partial charge in [-0.25, -0.2) is 0 Å². The fraction of sp³-hybridized carbons (Fsp3) is 1.00. The summed E-state index contributed by atoms with van der Waals surface area (Å²) in [6.07, 6.45) is 8.68. The Labute approximate surface area is 138 Å². The van der Waals surface area contributed by atoms with Gasteiger partial charge in [0.1, 0.15) is 0 Å². The van der Waals surface area contributed by atoms with Crippen molar-refractivity contribution in [3.8, 4) is 0 Å². The molecule has 2 bridgehead atoms. The Morgan fingerprint density at radius 2 is 1.82 bits per heavy atom. The van der Waals surface area contributed by atoms with Gasteiger partial charge in [0, 0.05) is 19.1 Å². The summed E-state index contributed by atoms with van der Waals surface area (Å²) in [7, 11) is 0. The molecule has 0 aromatic heterocycles. The normalized spacial score (nSPS) is 43.6. The molecule has 4 fully saturated rings. The van der Waals surface area contributed by atoms with Crippen LogP contribution in [-0.4, -0.2) is 25.7 Å². The Hall–Kier alpha value is -0.0800. The second-order valence-corrected chi connectivity index (χ2v) is 9.23. The van der Waals surface area contributed by atoms with Crippen LogP contribution in [0.3, 0.4) is 0 Å². The topological polar surface area (TPSA) is 24.1 Å². The average Bonchev–Trinajstić information content (AvgIpc) is 2.51. The minimum Gasteiger partial charge on any atom is -0.315 e. The minimum atomic E-state index is 0.635. The highest BCUT2D eigenvalue weighted by molar-refractivity contribution is 5.03. The lowest BCUT2D eigenvalue weighted by molar-refractivity contribution is -0.103. The summed E-state index contributed by atoms with van der Waals surface area (Å²) in [5, 5.41) is 7.57. The van der Waals surface area contributed by atoms with Crippen molar-refractivity contribution in [2.24, 2.45) is 35.0 Å². The van der Waals surface area contributed by atoms with Gasteiger partial charge in [0.25, 0.3) is 0 Å². The van der Waals surface area contributed by atoms with Crippen molar-refractivity contribution < 1.29 is 0 Å². The molecule has 4 saturated carbocycles. The van der Waals surface area contributed by atoms with Crippen LogP contribution in [0.2, 0.25) is 0 Å². The van der Waals surface area contributed by atoms with Crippen LogP contribution in [0, 0.1) is 35.0 Å². The van der Waals surface area contributed by atoms with Crippen molar-refractivity contribution in [1.82, 2.24) is 10.6 Å². The second kappa shape index (κ2) is 6.81. The third-order valence-corrected chi connectivity index (χ3v) is 7.82. The van der Waals surface area contributed by atoms with Crippen LogP contribution >= 0.6 is 0 Å². The molecule has 4 aliphatic carbocycles. The van der Waals surface area contributed by atoms with E-state index in [1.54, 1.807) is 0 Å². The van der Waals surface area contributed by atoms with E-state index in [-0.39, 0.29) is 0 Å². The third kappa shape index (κ3) is 3.24. The van der Waals surface area contributed by atoms with Crippen molar-refractivity contribution in [2.45, 2.75) is 72.3 Å². The van der Waals surface area contributed by atoms with Gasteiger partial charge in [0.15, 0.2) is 0 Å². The lowest BCUT2D eigenvalue weighted by atomic mass is 9.45. The summed E-state index contributed by atoms with van der Waals surface area (Å²) in [6.45, 7) is 13.4. The van der Waals surface area contributed by atoms with Crippen molar-refractivity contribution >= 4 is 0 Å². The summed E-state index contributed by atoms with van der Waals surface area (Å²) < 4.78 is 0. The van der Waals surface area contributed by atoms with Gasteiger partial charge in [-0.1, -0.05) is 40.5 Å². The minimum absolute atomic E-state index is 0.635. The molecular weight excluding hydrogens is 268 g/mol. The molecule has 22 heavy (non-hydrogen) atoms. The van der Waals surface area contributed by atoms with Crippen LogP contribution in [0.1, 0.15) is 66.2 Å². The molecule has 128 valence electrons.